The molecule has 0 saturated heterocycles. The molecule has 0 saturated carbocycles. The molecular formula is C21H17F4NO3. The molecule has 0 fully saturated rings. The third kappa shape index (κ3) is 3.74. The molecular weight excluding hydrogens is 390 g/mol. The number of anilines is 1. The molecule has 1 atom stereocenters. The van der Waals surface area contributed by atoms with Crippen LogP contribution >= 0.6 is 0 Å². The number of hydrogen-bond acceptors (Lipinski definition) is 3. The number of halogens is 4. The summed E-state index contributed by atoms with van der Waals surface area (Å²) in [4.78, 5) is 26.4. The molecule has 0 aliphatic carbocycles. The highest BCUT2D eigenvalue weighted by atomic mass is 19.4. The van der Waals surface area contributed by atoms with Crippen molar-refractivity contribution in [3.8, 4) is 0 Å². The van der Waals surface area contributed by atoms with Crippen LogP contribution in [0.5, 0.6) is 0 Å². The summed E-state index contributed by atoms with van der Waals surface area (Å²) in [6, 6.07) is 7.70. The van der Waals surface area contributed by atoms with Crippen LogP contribution in [0.25, 0.3) is 0 Å². The van der Waals surface area contributed by atoms with Crippen molar-refractivity contribution in [2.75, 3.05) is 4.90 Å². The van der Waals surface area contributed by atoms with Crippen molar-refractivity contribution in [1.29, 1.82) is 0 Å². The van der Waals surface area contributed by atoms with Gasteiger partial charge in [-0.25, -0.2) is 4.39 Å². The summed E-state index contributed by atoms with van der Waals surface area (Å²) in [7, 11) is 0. The van der Waals surface area contributed by atoms with Crippen molar-refractivity contribution in [1.82, 2.24) is 0 Å². The predicted octanol–water partition coefficient (Wildman–Crippen LogP) is 4.97. The van der Waals surface area contributed by atoms with E-state index in [-0.39, 0.29) is 16.8 Å². The average molecular weight is 407 g/mol. The van der Waals surface area contributed by atoms with Crippen LogP contribution in [0.15, 0.2) is 59.9 Å². The van der Waals surface area contributed by atoms with Gasteiger partial charge in [0.2, 0.25) is 0 Å². The van der Waals surface area contributed by atoms with Crippen LogP contribution in [0, 0.1) is 11.7 Å². The number of carbonyl (C=O) groups is 2. The molecule has 29 heavy (non-hydrogen) atoms. The first-order chi connectivity index (χ1) is 13.5. The third-order valence-corrected chi connectivity index (χ3v) is 4.64. The molecule has 0 spiro atoms. The maximum absolute atomic E-state index is 13.4. The van der Waals surface area contributed by atoms with Gasteiger partial charge in [-0.2, -0.15) is 13.2 Å². The predicted molar refractivity (Wildman–Crippen MR) is 97.6 cm³/mol. The summed E-state index contributed by atoms with van der Waals surface area (Å²) in [5.41, 5.74) is -1.07. The molecule has 2 aromatic rings. The molecule has 1 heterocycles. The van der Waals surface area contributed by atoms with Crippen molar-refractivity contribution in [2.24, 2.45) is 5.92 Å². The fraction of sp³-hybridized carbons (Fsp3) is 0.238. The standard InChI is InChI=1S/C21H17F4NO3/c1-11(2)18(27)16-17(12-6-8-14(22)9-7-12)26(20(29)19(16)28)15-5-3-4-13(10-15)21(23,24)25/h3-11,17,28H,1-2H3. The van der Waals surface area contributed by atoms with Crippen LogP contribution in [-0.4, -0.2) is 16.8 Å². The summed E-state index contributed by atoms with van der Waals surface area (Å²) in [5, 5.41) is 10.4. The first-order valence-corrected chi connectivity index (χ1v) is 8.76. The molecule has 2 aromatic carbocycles. The molecule has 1 N–H and O–H groups in total. The maximum atomic E-state index is 13.4. The van der Waals surface area contributed by atoms with Gasteiger partial charge in [0.15, 0.2) is 11.5 Å². The number of nitrogens with zero attached hydrogens (tertiary/aromatic N) is 1. The topological polar surface area (TPSA) is 57.6 Å². The number of aliphatic hydroxyl groups is 1. The van der Waals surface area contributed by atoms with Gasteiger partial charge in [0.1, 0.15) is 5.82 Å². The van der Waals surface area contributed by atoms with Crippen molar-refractivity contribution >= 4 is 17.4 Å². The van der Waals surface area contributed by atoms with Gasteiger partial charge in [0.05, 0.1) is 17.2 Å². The number of amides is 1. The van der Waals surface area contributed by atoms with Crippen molar-refractivity contribution < 1.29 is 32.3 Å². The molecule has 8 heteroatoms. The second-order valence-electron chi connectivity index (χ2n) is 6.96. The Hall–Kier alpha value is -3.16. The molecule has 1 amide bonds. The van der Waals surface area contributed by atoms with E-state index in [4.69, 9.17) is 0 Å². The van der Waals surface area contributed by atoms with E-state index in [2.05, 4.69) is 0 Å². The monoisotopic (exact) mass is 407 g/mol. The van der Waals surface area contributed by atoms with E-state index in [1.54, 1.807) is 13.8 Å². The number of Topliss-reactive ketones (excluding diaryl/α,β-unsaturated/α-hetero) is 1. The van der Waals surface area contributed by atoms with E-state index in [0.717, 1.165) is 35.2 Å². The Kier molecular flexibility index (Phi) is 5.21. The second-order valence-corrected chi connectivity index (χ2v) is 6.96. The summed E-state index contributed by atoms with van der Waals surface area (Å²) >= 11 is 0. The Bertz CT molecular complexity index is 994. The van der Waals surface area contributed by atoms with Crippen molar-refractivity contribution in [2.45, 2.75) is 26.1 Å². The van der Waals surface area contributed by atoms with Gasteiger partial charge in [-0.15, -0.1) is 0 Å². The van der Waals surface area contributed by atoms with E-state index in [1.807, 2.05) is 0 Å². The molecule has 0 radical (unpaired) electrons. The maximum Gasteiger partial charge on any atom is 0.416 e. The Morgan fingerprint density at radius 1 is 1.10 bits per heavy atom. The Labute approximate surface area is 164 Å². The number of carbonyl (C=O) groups excluding carboxylic acids is 2. The SMILES string of the molecule is CC(C)C(=O)C1=C(O)C(=O)N(c2cccc(C(F)(F)F)c2)C1c1ccc(F)cc1. The highest BCUT2D eigenvalue weighted by Gasteiger charge is 2.45. The molecule has 0 bridgehead atoms. The zero-order valence-corrected chi connectivity index (χ0v) is 15.5. The highest BCUT2D eigenvalue weighted by Crippen LogP contribution is 2.43. The molecule has 0 aromatic heterocycles. The summed E-state index contributed by atoms with van der Waals surface area (Å²) in [5.74, 6) is -3.49. The quantitative estimate of drug-likeness (QED) is 0.728. The molecule has 152 valence electrons. The fourth-order valence-electron chi connectivity index (χ4n) is 3.23. The number of ketones is 1. The van der Waals surface area contributed by atoms with Crippen molar-refractivity contribution in [3.63, 3.8) is 0 Å². The lowest BCUT2D eigenvalue weighted by Crippen LogP contribution is -2.31. The second kappa shape index (κ2) is 7.35. The van der Waals surface area contributed by atoms with Crippen LogP contribution in [0.3, 0.4) is 0 Å². The summed E-state index contributed by atoms with van der Waals surface area (Å²) in [6.07, 6.45) is -4.64. The number of rotatable bonds is 4. The minimum absolute atomic E-state index is 0.141. The minimum atomic E-state index is -4.64. The van der Waals surface area contributed by atoms with E-state index in [0.29, 0.717) is 0 Å². The van der Waals surface area contributed by atoms with Gasteiger partial charge < -0.3 is 5.11 Å². The van der Waals surface area contributed by atoms with Gasteiger partial charge in [-0.1, -0.05) is 32.0 Å². The zero-order chi connectivity index (χ0) is 21.5. The molecule has 4 nitrogen and oxygen atoms in total. The first-order valence-electron chi connectivity index (χ1n) is 8.76. The van der Waals surface area contributed by atoms with E-state index in [1.165, 1.54) is 18.2 Å². The lowest BCUT2D eigenvalue weighted by atomic mass is 9.91. The molecule has 3 rings (SSSR count). The Morgan fingerprint density at radius 2 is 1.72 bits per heavy atom. The number of hydrogen-bond donors (Lipinski definition) is 1. The third-order valence-electron chi connectivity index (χ3n) is 4.64. The van der Waals surface area contributed by atoms with Gasteiger partial charge in [-0.05, 0) is 35.9 Å². The Morgan fingerprint density at radius 3 is 2.28 bits per heavy atom. The molecule has 1 aliphatic rings. The number of benzene rings is 2. The number of aliphatic hydroxyl groups excluding tert-OH is 1. The van der Waals surface area contributed by atoms with E-state index < -0.39 is 47.0 Å². The van der Waals surface area contributed by atoms with Crippen molar-refractivity contribution in [3.05, 3.63) is 76.8 Å². The minimum Gasteiger partial charge on any atom is -0.503 e. The summed E-state index contributed by atoms with van der Waals surface area (Å²) in [6.45, 7) is 3.14. The van der Waals surface area contributed by atoms with Crippen LogP contribution in [0.1, 0.15) is 31.0 Å². The van der Waals surface area contributed by atoms with Gasteiger partial charge in [-0.3, -0.25) is 14.5 Å². The Balaban J connectivity index is 2.19. The highest BCUT2D eigenvalue weighted by molar-refractivity contribution is 6.16. The first kappa shape index (κ1) is 20.6. The molecule has 1 aliphatic heterocycles. The largest absolute Gasteiger partial charge is 0.503 e. The van der Waals surface area contributed by atoms with Gasteiger partial charge >= 0.3 is 6.18 Å². The number of alkyl halides is 3. The average Bonchev–Trinajstić information content (AvgIpc) is 2.92. The van der Waals surface area contributed by atoms with Crippen LogP contribution < -0.4 is 4.90 Å². The zero-order valence-electron chi connectivity index (χ0n) is 15.5. The van der Waals surface area contributed by atoms with E-state index in [9.17, 15) is 32.3 Å². The normalized spacial score (nSPS) is 17.4. The van der Waals surface area contributed by atoms with Gasteiger partial charge in [0.25, 0.3) is 5.91 Å². The van der Waals surface area contributed by atoms with E-state index >= 15 is 0 Å². The summed E-state index contributed by atoms with van der Waals surface area (Å²) < 4.78 is 52.8. The van der Waals surface area contributed by atoms with Crippen LogP contribution in [0.4, 0.5) is 23.2 Å². The fourth-order valence-corrected chi connectivity index (χ4v) is 3.23. The smallest absolute Gasteiger partial charge is 0.416 e. The lowest BCUT2D eigenvalue weighted by molar-refractivity contribution is -0.137. The van der Waals surface area contributed by atoms with Crippen LogP contribution in [0.2, 0.25) is 0 Å². The molecule has 1 unspecified atom stereocenters. The lowest BCUT2D eigenvalue weighted by Gasteiger charge is -2.28. The van der Waals surface area contributed by atoms with Gasteiger partial charge in [0, 0.05) is 11.6 Å². The van der Waals surface area contributed by atoms with Crippen LogP contribution in [-0.2, 0) is 15.8 Å².